The van der Waals surface area contributed by atoms with E-state index in [4.69, 9.17) is 19.7 Å². The second-order valence-corrected chi connectivity index (χ2v) is 5.25. The summed E-state index contributed by atoms with van der Waals surface area (Å²) in [5.41, 5.74) is 0.330. The molecule has 136 valence electrons. The summed E-state index contributed by atoms with van der Waals surface area (Å²) in [6.45, 7) is 0. The van der Waals surface area contributed by atoms with Crippen LogP contribution in [0, 0.1) is 0 Å². The fourth-order valence-corrected chi connectivity index (χ4v) is 2.17. The van der Waals surface area contributed by atoms with Crippen LogP contribution in [0.1, 0.15) is 5.56 Å². The Morgan fingerprint density at radius 1 is 1.08 bits per heavy atom. The quantitative estimate of drug-likeness (QED) is 0.350. The normalized spacial score (nSPS) is 29.5. The van der Waals surface area contributed by atoms with Crippen LogP contribution in [0.4, 0.5) is 0 Å². The van der Waals surface area contributed by atoms with E-state index in [9.17, 15) is 30.0 Å². The van der Waals surface area contributed by atoms with Gasteiger partial charge < -0.3 is 40.1 Å². The van der Waals surface area contributed by atoms with Crippen molar-refractivity contribution in [3.8, 4) is 11.5 Å². The third kappa shape index (κ3) is 4.25. The zero-order valence-corrected chi connectivity index (χ0v) is 12.6. The van der Waals surface area contributed by atoms with E-state index >= 15 is 0 Å². The van der Waals surface area contributed by atoms with Crippen LogP contribution in [0.15, 0.2) is 24.3 Å². The van der Waals surface area contributed by atoms with Crippen LogP contribution < -0.4 is 4.74 Å². The van der Waals surface area contributed by atoms with Gasteiger partial charge in [0.05, 0.1) is 0 Å². The lowest BCUT2D eigenvalue weighted by atomic mass is 9.99. The topological polar surface area (TPSA) is 174 Å². The molecule has 0 bridgehead atoms. The molecule has 10 nitrogen and oxygen atoms in total. The third-order valence-electron chi connectivity index (χ3n) is 3.46. The van der Waals surface area contributed by atoms with E-state index in [0.717, 1.165) is 6.08 Å². The molecule has 1 heterocycles. The van der Waals surface area contributed by atoms with Crippen molar-refractivity contribution in [2.45, 2.75) is 30.7 Å². The number of rotatable bonds is 5. The first-order valence-electron chi connectivity index (χ1n) is 7.04. The largest absolute Gasteiger partial charge is 0.504 e. The summed E-state index contributed by atoms with van der Waals surface area (Å²) in [6.07, 6.45) is -6.98. The molecule has 0 aliphatic carbocycles. The number of hydrogen-bond acceptors (Lipinski definition) is 8. The maximum Gasteiger partial charge on any atom is 0.335 e. The average Bonchev–Trinajstić information content (AvgIpc) is 2.55. The van der Waals surface area contributed by atoms with E-state index in [1.165, 1.54) is 24.3 Å². The molecular formula is C15H16O10. The van der Waals surface area contributed by atoms with Gasteiger partial charge in [0.2, 0.25) is 6.29 Å². The van der Waals surface area contributed by atoms with Crippen LogP contribution in [0.5, 0.6) is 11.5 Å². The monoisotopic (exact) mass is 356 g/mol. The van der Waals surface area contributed by atoms with Crippen molar-refractivity contribution in [1.82, 2.24) is 0 Å². The number of aromatic hydroxyl groups is 1. The Morgan fingerprint density at radius 3 is 2.36 bits per heavy atom. The van der Waals surface area contributed by atoms with Crippen molar-refractivity contribution in [1.29, 1.82) is 0 Å². The van der Waals surface area contributed by atoms with Crippen molar-refractivity contribution in [2.24, 2.45) is 0 Å². The van der Waals surface area contributed by atoms with Gasteiger partial charge in [-0.2, -0.15) is 0 Å². The van der Waals surface area contributed by atoms with Gasteiger partial charge in [0.25, 0.3) is 0 Å². The van der Waals surface area contributed by atoms with Crippen LogP contribution in [0.3, 0.4) is 0 Å². The fraction of sp³-hybridized carbons (Fsp3) is 0.333. The molecule has 1 saturated heterocycles. The number of benzene rings is 1. The summed E-state index contributed by atoms with van der Waals surface area (Å²) in [6, 6.07) is 3.79. The van der Waals surface area contributed by atoms with Gasteiger partial charge in [0.15, 0.2) is 17.6 Å². The van der Waals surface area contributed by atoms with Gasteiger partial charge in [0.1, 0.15) is 18.3 Å². The lowest BCUT2D eigenvalue weighted by Crippen LogP contribution is -2.61. The first-order chi connectivity index (χ1) is 11.7. The molecule has 1 fully saturated rings. The smallest absolute Gasteiger partial charge is 0.335 e. The highest BCUT2D eigenvalue weighted by Crippen LogP contribution is 2.31. The zero-order valence-electron chi connectivity index (χ0n) is 12.6. The Hall–Kier alpha value is -2.66. The molecule has 0 saturated carbocycles. The number of phenols is 1. The average molecular weight is 356 g/mol. The van der Waals surface area contributed by atoms with Crippen LogP contribution >= 0.6 is 0 Å². The van der Waals surface area contributed by atoms with Gasteiger partial charge in [-0.15, -0.1) is 0 Å². The molecule has 0 radical (unpaired) electrons. The maximum atomic E-state index is 11.0. The molecule has 2 unspecified atom stereocenters. The van der Waals surface area contributed by atoms with Gasteiger partial charge in [-0.25, -0.2) is 9.59 Å². The van der Waals surface area contributed by atoms with Crippen molar-refractivity contribution >= 4 is 18.0 Å². The zero-order chi connectivity index (χ0) is 18.7. The molecule has 0 amide bonds. The van der Waals surface area contributed by atoms with Gasteiger partial charge in [-0.05, 0) is 23.8 Å². The third-order valence-corrected chi connectivity index (χ3v) is 3.46. The molecule has 1 aromatic rings. The molecule has 1 aliphatic heterocycles. The SMILES string of the molecule is O=C(O)/C=C/c1ccc(O)c(O[C@@H]2OC(C(=O)O)[C@@H](O)[C@H](O)C2O)c1. The maximum absolute atomic E-state index is 11.0. The summed E-state index contributed by atoms with van der Waals surface area (Å²) in [4.78, 5) is 21.6. The predicted molar refractivity (Wildman–Crippen MR) is 79.7 cm³/mol. The lowest BCUT2D eigenvalue weighted by molar-refractivity contribution is -0.271. The minimum Gasteiger partial charge on any atom is -0.504 e. The molecule has 1 aliphatic rings. The Morgan fingerprint density at radius 2 is 1.76 bits per heavy atom. The number of hydrogen-bond donors (Lipinski definition) is 6. The fourth-order valence-electron chi connectivity index (χ4n) is 2.17. The van der Waals surface area contributed by atoms with E-state index in [-0.39, 0.29) is 5.75 Å². The van der Waals surface area contributed by atoms with Crippen molar-refractivity contribution in [3.05, 3.63) is 29.8 Å². The summed E-state index contributed by atoms with van der Waals surface area (Å²) >= 11 is 0. The van der Waals surface area contributed by atoms with E-state index < -0.39 is 48.4 Å². The number of aliphatic hydroxyl groups is 3. The molecule has 5 atom stereocenters. The van der Waals surface area contributed by atoms with Crippen LogP contribution in [0.25, 0.3) is 6.08 Å². The van der Waals surface area contributed by atoms with E-state index in [1.807, 2.05) is 0 Å². The van der Waals surface area contributed by atoms with E-state index in [1.54, 1.807) is 0 Å². The highest BCUT2D eigenvalue weighted by Gasteiger charge is 2.48. The Labute approximate surface area is 140 Å². The molecule has 1 aromatic carbocycles. The minimum atomic E-state index is -1.87. The van der Waals surface area contributed by atoms with E-state index in [0.29, 0.717) is 5.56 Å². The van der Waals surface area contributed by atoms with Crippen molar-refractivity contribution in [3.63, 3.8) is 0 Å². The predicted octanol–water partition coefficient (Wildman–Crippen LogP) is -1.24. The summed E-state index contributed by atoms with van der Waals surface area (Å²) in [7, 11) is 0. The van der Waals surface area contributed by atoms with Gasteiger partial charge in [-0.1, -0.05) is 6.07 Å². The number of ether oxygens (including phenoxy) is 2. The number of aliphatic hydroxyl groups excluding tert-OH is 3. The highest BCUT2D eigenvalue weighted by molar-refractivity contribution is 5.85. The standard InChI is InChI=1S/C15H16O10/c16-7-3-1-6(2-4-9(17)18)5-8(7)24-15-12(21)10(19)11(20)13(25-15)14(22)23/h1-5,10-13,15-16,19-21H,(H,17,18)(H,22,23)/b4-2+/t10-,11-,12?,13?,15+/m0/s1. The number of carboxylic acids is 2. The Bertz CT molecular complexity index is 685. The second-order valence-electron chi connectivity index (χ2n) is 5.25. The summed E-state index contributed by atoms with van der Waals surface area (Å²) < 4.78 is 10.1. The highest BCUT2D eigenvalue weighted by atomic mass is 16.7. The first kappa shape index (κ1) is 18.7. The Balaban J connectivity index is 2.23. The number of aliphatic carboxylic acids is 2. The molecule has 0 spiro atoms. The van der Waals surface area contributed by atoms with Gasteiger partial charge in [0, 0.05) is 6.08 Å². The second kappa shape index (κ2) is 7.49. The van der Waals surface area contributed by atoms with Gasteiger partial charge in [-0.3, -0.25) is 0 Å². The minimum absolute atomic E-state index is 0.246. The molecule has 6 N–H and O–H groups in total. The number of carbonyl (C=O) groups is 2. The number of carboxylic acid groups (broad SMARTS) is 2. The lowest BCUT2D eigenvalue weighted by Gasteiger charge is -2.38. The van der Waals surface area contributed by atoms with E-state index in [2.05, 4.69) is 0 Å². The van der Waals surface area contributed by atoms with Crippen LogP contribution in [-0.4, -0.2) is 73.3 Å². The Kier molecular flexibility index (Phi) is 5.59. The first-order valence-corrected chi connectivity index (χ1v) is 7.04. The van der Waals surface area contributed by atoms with Crippen LogP contribution in [0.2, 0.25) is 0 Å². The number of phenolic OH excluding ortho intramolecular Hbond substituents is 1. The summed E-state index contributed by atoms with van der Waals surface area (Å²) in [5, 5.41) is 56.6. The molecule has 10 heteroatoms. The van der Waals surface area contributed by atoms with Crippen LogP contribution in [-0.2, 0) is 14.3 Å². The molecule has 0 aromatic heterocycles. The molecular weight excluding hydrogens is 340 g/mol. The molecule has 2 rings (SSSR count). The van der Waals surface area contributed by atoms with Crippen molar-refractivity contribution in [2.75, 3.05) is 0 Å². The summed E-state index contributed by atoms with van der Waals surface area (Å²) in [5.74, 6) is -3.41. The molecule has 25 heavy (non-hydrogen) atoms. The van der Waals surface area contributed by atoms with Gasteiger partial charge >= 0.3 is 11.9 Å². The van der Waals surface area contributed by atoms with Crippen molar-refractivity contribution < 1.29 is 49.7 Å².